The largest absolute Gasteiger partial charge is 0.441 e. The van der Waals surface area contributed by atoms with Gasteiger partial charge < -0.3 is 9.84 Å². The highest BCUT2D eigenvalue weighted by Gasteiger charge is 2.27. The van der Waals surface area contributed by atoms with Gasteiger partial charge in [0.15, 0.2) is 0 Å². The summed E-state index contributed by atoms with van der Waals surface area (Å²) in [7, 11) is 0. The van der Waals surface area contributed by atoms with Crippen LogP contribution in [-0.4, -0.2) is 23.0 Å². The summed E-state index contributed by atoms with van der Waals surface area (Å²) in [5, 5.41) is 6.68. The summed E-state index contributed by atoms with van der Waals surface area (Å²) in [6.45, 7) is 4.37. The molecule has 0 aromatic carbocycles. The molecule has 0 saturated carbocycles. The zero-order chi connectivity index (χ0) is 12.2. The molecule has 1 heterocycles. The zero-order valence-electron chi connectivity index (χ0n) is 9.02. The number of halogens is 3. The fourth-order valence-electron chi connectivity index (χ4n) is 1.21. The molecule has 0 unspecified atom stereocenters. The first kappa shape index (κ1) is 13.4. The van der Waals surface area contributed by atoms with Crippen LogP contribution in [0, 0.1) is 13.8 Å². The van der Waals surface area contributed by atoms with Crippen LogP contribution in [0.1, 0.15) is 17.0 Å². The van der Waals surface area contributed by atoms with Crippen LogP contribution in [0.2, 0.25) is 0 Å². The van der Waals surface area contributed by atoms with Crippen LogP contribution in [0.25, 0.3) is 0 Å². The molecule has 7 heteroatoms. The van der Waals surface area contributed by atoms with Crippen LogP contribution < -0.4 is 5.32 Å². The second kappa shape index (κ2) is 5.58. The monoisotopic (exact) mass is 254 g/mol. The van der Waals surface area contributed by atoms with Crippen LogP contribution in [0.3, 0.4) is 0 Å². The van der Waals surface area contributed by atoms with Crippen molar-refractivity contribution < 1.29 is 17.7 Å². The first-order valence-corrected chi connectivity index (χ1v) is 5.72. The summed E-state index contributed by atoms with van der Waals surface area (Å²) in [5.41, 5.74) is -2.46. The summed E-state index contributed by atoms with van der Waals surface area (Å²) < 4.78 is 40.3. The number of nitrogens with one attached hydrogen (secondary N) is 1. The van der Waals surface area contributed by atoms with Gasteiger partial charge in [-0.15, -0.1) is 0 Å². The van der Waals surface area contributed by atoms with Crippen LogP contribution in [0.4, 0.5) is 13.2 Å². The van der Waals surface area contributed by atoms with Crippen molar-refractivity contribution in [3.8, 4) is 0 Å². The van der Waals surface area contributed by atoms with E-state index >= 15 is 0 Å². The van der Waals surface area contributed by atoms with Crippen molar-refractivity contribution in [1.82, 2.24) is 10.5 Å². The van der Waals surface area contributed by atoms with E-state index in [9.17, 15) is 13.2 Å². The number of aryl methyl sites for hydroxylation is 2. The molecule has 0 fully saturated rings. The summed E-state index contributed by atoms with van der Waals surface area (Å²) >= 11 is -0.0224. The normalized spacial score (nSPS) is 12.1. The van der Waals surface area contributed by atoms with Gasteiger partial charge in [0, 0.05) is 24.4 Å². The van der Waals surface area contributed by atoms with Gasteiger partial charge in [0.2, 0.25) is 0 Å². The maximum Gasteiger partial charge on any atom is 0.441 e. The Morgan fingerprint density at radius 3 is 2.56 bits per heavy atom. The molecule has 0 radical (unpaired) electrons. The van der Waals surface area contributed by atoms with E-state index in [-0.39, 0.29) is 17.5 Å². The molecule has 1 N–H and O–H groups in total. The zero-order valence-corrected chi connectivity index (χ0v) is 9.84. The van der Waals surface area contributed by atoms with Gasteiger partial charge in [-0.1, -0.05) is 5.16 Å². The molecule has 1 aromatic rings. The van der Waals surface area contributed by atoms with Crippen LogP contribution >= 0.6 is 11.8 Å². The fourth-order valence-corrected chi connectivity index (χ4v) is 1.68. The predicted octanol–water partition coefficient (Wildman–Crippen LogP) is 2.63. The number of alkyl halides is 3. The summed E-state index contributed by atoms with van der Waals surface area (Å²) in [4.78, 5) is 0. The van der Waals surface area contributed by atoms with Crippen LogP contribution in [0.5, 0.6) is 0 Å². The third-order valence-corrected chi connectivity index (χ3v) is 2.76. The number of hydrogen-bond acceptors (Lipinski definition) is 4. The molecule has 1 aromatic heterocycles. The Kier molecular flexibility index (Phi) is 4.67. The second-order valence-electron chi connectivity index (χ2n) is 3.27. The lowest BCUT2D eigenvalue weighted by Gasteiger charge is -2.06. The maximum atomic E-state index is 11.8. The molecule has 3 nitrogen and oxygen atoms in total. The highest BCUT2D eigenvalue weighted by molar-refractivity contribution is 8.00. The van der Waals surface area contributed by atoms with Crippen molar-refractivity contribution in [2.24, 2.45) is 0 Å². The number of nitrogens with zero attached hydrogens (tertiary/aromatic N) is 1. The molecule has 0 spiro atoms. The van der Waals surface area contributed by atoms with Gasteiger partial charge in [-0.2, -0.15) is 13.2 Å². The number of thioether (sulfide) groups is 1. The minimum atomic E-state index is -4.15. The Labute approximate surface area is 95.8 Å². The molecule has 0 aliphatic rings. The summed E-state index contributed by atoms with van der Waals surface area (Å²) in [5.74, 6) is 0.709. The fraction of sp³-hybridized carbons (Fsp3) is 0.667. The Balaban J connectivity index is 2.22. The third kappa shape index (κ3) is 4.44. The summed E-state index contributed by atoms with van der Waals surface area (Å²) in [6, 6.07) is 0. The van der Waals surface area contributed by atoms with Gasteiger partial charge in [-0.25, -0.2) is 0 Å². The molecular formula is C9H13F3N2OS. The minimum absolute atomic E-state index is 0.00682. The smallest absolute Gasteiger partial charge is 0.361 e. The van der Waals surface area contributed by atoms with E-state index in [1.165, 1.54) is 0 Å². The molecule has 0 atom stereocenters. The van der Waals surface area contributed by atoms with Crippen LogP contribution in [0.15, 0.2) is 4.52 Å². The first-order chi connectivity index (χ1) is 7.40. The molecule has 0 saturated heterocycles. The van der Waals surface area contributed by atoms with E-state index in [1.54, 1.807) is 13.8 Å². The van der Waals surface area contributed by atoms with Crippen molar-refractivity contribution in [3.05, 3.63) is 17.0 Å². The Bertz CT molecular complexity index is 318. The lowest BCUT2D eigenvalue weighted by molar-refractivity contribution is -0.0327. The van der Waals surface area contributed by atoms with E-state index in [1.807, 2.05) is 0 Å². The lowest BCUT2D eigenvalue weighted by Crippen LogP contribution is -2.19. The molecule has 1 rings (SSSR count). The first-order valence-electron chi connectivity index (χ1n) is 4.73. The topological polar surface area (TPSA) is 38.1 Å². The SMILES string of the molecule is Cc1noc(C)c1CNCCSC(F)(F)F. The quantitative estimate of drug-likeness (QED) is 0.820. The Morgan fingerprint density at radius 2 is 2.06 bits per heavy atom. The van der Waals surface area contributed by atoms with Crippen molar-refractivity contribution in [2.75, 3.05) is 12.3 Å². The number of rotatable bonds is 5. The average Bonchev–Trinajstić information content (AvgIpc) is 2.46. The average molecular weight is 254 g/mol. The molecule has 0 aliphatic heterocycles. The van der Waals surface area contributed by atoms with Gasteiger partial charge in [0.25, 0.3) is 0 Å². The molecule has 16 heavy (non-hydrogen) atoms. The molecule has 0 amide bonds. The van der Waals surface area contributed by atoms with Gasteiger partial charge in [-0.3, -0.25) is 0 Å². The molecular weight excluding hydrogens is 241 g/mol. The Morgan fingerprint density at radius 1 is 1.38 bits per heavy atom. The lowest BCUT2D eigenvalue weighted by atomic mass is 10.2. The van der Waals surface area contributed by atoms with E-state index < -0.39 is 5.51 Å². The van der Waals surface area contributed by atoms with Gasteiger partial charge in [-0.05, 0) is 25.6 Å². The number of hydrogen-bond donors (Lipinski definition) is 1. The van der Waals surface area contributed by atoms with Crippen molar-refractivity contribution in [3.63, 3.8) is 0 Å². The summed E-state index contributed by atoms with van der Waals surface area (Å²) in [6.07, 6.45) is 0. The molecule has 0 bridgehead atoms. The molecule has 0 aliphatic carbocycles. The van der Waals surface area contributed by atoms with E-state index in [0.717, 1.165) is 11.3 Å². The van der Waals surface area contributed by atoms with Crippen molar-refractivity contribution in [1.29, 1.82) is 0 Å². The van der Waals surface area contributed by atoms with E-state index in [4.69, 9.17) is 4.52 Å². The highest BCUT2D eigenvalue weighted by atomic mass is 32.2. The van der Waals surface area contributed by atoms with E-state index in [2.05, 4.69) is 10.5 Å². The minimum Gasteiger partial charge on any atom is -0.361 e. The predicted molar refractivity (Wildman–Crippen MR) is 56.2 cm³/mol. The van der Waals surface area contributed by atoms with Gasteiger partial charge >= 0.3 is 5.51 Å². The van der Waals surface area contributed by atoms with Crippen molar-refractivity contribution in [2.45, 2.75) is 25.9 Å². The van der Waals surface area contributed by atoms with Gasteiger partial charge in [0.05, 0.1) is 5.69 Å². The highest BCUT2D eigenvalue weighted by Crippen LogP contribution is 2.29. The standard InChI is InChI=1S/C9H13F3N2OS/c1-6-8(7(2)15-14-6)5-13-3-4-16-9(10,11)12/h13H,3-5H2,1-2H3. The Hall–Kier alpha value is -0.690. The maximum absolute atomic E-state index is 11.8. The van der Waals surface area contributed by atoms with Crippen LogP contribution in [-0.2, 0) is 6.54 Å². The number of aromatic nitrogens is 1. The molecule has 92 valence electrons. The van der Waals surface area contributed by atoms with Gasteiger partial charge in [0.1, 0.15) is 5.76 Å². The second-order valence-corrected chi connectivity index (χ2v) is 4.43. The van der Waals surface area contributed by atoms with E-state index in [0.29, 0.717) is 18.8 Å². The van der Waals surface area contributed by atoms with Crippen molar-refractivity contribution >= 4 is 11.8 Å². The third-order valence-electron chi connectivity index (χ3n) is 2.03.